The van der Waals surface area contributed by atoms with Crippen molar-refractivity contribution in [2.24, 2.45) is 4.99 Å². The van der Waals surface area contributed by atoms with Crippen LogP contribution in [0.1, 0.15) is 52.0 Å². The Morgan fingerprint density at radius 3 is 2.37 bits per heavy atom. The number of aliphatic imine (C=N–C) groups is 1. The highest BCUT2D eigenvalue weighted by Crippen LogP contribution is 2.17. The number of hydrogen-bond acceptors (Lipinski definition) is 3. The summed E-state index contributed by atoms with van der Waals surface area (Å²) in [4.78, 5) is 7.12. The van der Waals surface area contributed by atoms with Crippen molar-refractivity contribution in [3.63, 3.8) is 0 Å². The first-order valence-electron chi connectivity index (χ1n) is 10.2. The number of nitrogens with one attached hydrogen (secondary N) is 2. The molecule has 5 nitrogen and oxygen atoms in total. The maximum Gasteiger partial charge on any atom is 0.191 e. The smallest absolute Gasteiger partial charge is 0.191 e. The first-order chi connectivity index (χ1) is 13.0. The third kappa shape index (κ3) is 7.32. The molecule has 1 heterocycles. The molecule has 0 radical (unpaired) electrons. The Morgan fingerprint density at radius 2 is 1.81 bits per heavy atom. The molecule has 1 saturated heterocycles. The monoisotopic (exact) mass is 394 g/mol. The number of halogens is 1. The van der Waals surface area contributed by atoms with Gasteiger partial charge >= 0.3 is 0 Å². The third-order valence-corrected chi connectivity index (χ3v) is 5.69. The topological polar surface area (TPSA) is 59.9 Å². The van der Waals surface area contributed by atoms with E-state index in [2.05, 4.69) is 39.6 Å². The van der Waals surface area contributed by atoms with Crippen molar-refractivity contribution in [3.05, 3.63) is 34.9 Å². The molecule has 152 valence electrons. The van der Waals surface area contributed by atoms with Gasteiger partial charge in [-0.05, 0) is 50.3 Å². The van der Waals surface area contributed by atoms with Crippen LogP contribution >= 0.6 is 11.6 Å². The van der Waals surface area contributed by atoms with E-state index in [4.69, 9.17) is 11.6 Å². The van der Waals surface area contributed by atoms with Gasteiger partial charge < -0.3 is 15.7 Å². The Hall–Kier alpha value is -1.30. The highest BCUT2D eigenvalue weighted by atomic mass is 35.5. The zero-order chi connectivity index (χ0) is 19.7. The fraction of sp³-hybridized carbons (Fsp3) is 0.667. The Bertz CT molecular complexity index is 578. The summed E-state index contributed by atoms with van der Waals surface area (Å²) in [5.41, 5.74) is 0.601. The molecule has 0 amide bonds. The fourth-order valence-electron chi connectivity index (χ4n) is 3.30. The van der Waals surface area contributed by atoms with E-state index in [9.17, 15) is 5.11 Å². The quantitative estimate of drug-likeness (QED) is 0.467. The highest BCUT2D eigenvalue weighted by molar-refractivity contribution is 6.30. The Morgan fingerprint density at radius 1 is 1.19 bits per heavy atom. The van der Waals surface area contributed by atoms with Crippen LogP contribution in [0.15, 0.2) is 29.3 Å². The van der Waals surface area contributed by atoms with Crippen LogP contribution in [0.2, 0.25) is 5.02 Å². The van der Waals surface area contributed by atoms with Crippen LogP contribution in [0.5, 0.6) is 0 Å². The van der Waals surface area contributed by atoms with Crippen molar-refractivity contribution < 1.29 is 5.11 Å². The summed E-state index contributed by atoms with van der Waals surface area (Å²) in [6.07, 6.45) is 3.61. The van der Waals surface area contributed by atoms with Crippen molar-refractivity contribution in [3.8, 4) is 0 Å². The van der Waals surface area contributed by atoms with Crippen LogP contribution in [-0.4, -0.2) is 53.8 Å². The number of aliphatic hydroxyl groups is 1. The Balaban J connectivity index is 1.83. The van der Waals surface area contributed by atoms with Gasteiger partial charge in [0.25, 0.3) is 0 Å². The third-order valence-electron chi connectivity index (χ3n) is 5.44. The van der Waals surface area contributed by atoms with Crippen LogP contribution in [0, 0.1) is 0 Å². The predicted molar refractivity (Wildman–Crippen MR) is 114 cm³/mol. The van der Waals surface area contributed by atoms with E-state index in [0.29, 0.717) is 12.6 Å². The standard InChI is InChI=1S/C21H35ClN4O/c1-4-21(27,5-2)16-24-20(23-6-3)25-19-11-13-26(14-12-19)15-17-7-9-18(22)10-8-17/h7-10,19,27H,4-6,11-16H2,1-3H3,(H2,23,24,25). The van der Waals surface area contributed by atoms with Gasteiger partial charge in [-0.15, -0.1) is 0 Å². The molecule has 3 N–H and O–H groups in total. The summed E-state index contributed by atoms with van der Waals surface area (Å²) in [6, 6.07) is 8.54. The van der Waals surface area contributed by atoms with Gasteiger partial charge in [-0.2, -0.15) is 0 Å². The predicted octanol–water partition coefficient (Wildman–Crippen LogP) is 3.41. The number of nitrogens with zero attached hydrogens (tertiary/aromatic N) is 2. The summed E-state index contributed by atoms with van der Waals surface area (Å²) in [5, 5.41) is 18.1. The average molecular weight is 395 g/mol. The first-order valence-corrected chi connectivity index (χ1v) is 10.6. The van der Waals surface area contributed by atoms with E-state index in [-0.39, 0.29) is 0 Å². The maximum atomic E-state index is 10.5. The molecule has 1 aliphatic rings. The average Bonchev–Trinajstić information content (AvgIpc) is 2.69. The molecule has 0 saturated carbocycles. The molecule has 1 fully saturated rings. The molecule has 1 aliphatic heterocycles. The minimum absolute atomic E-state index is 0.417. The molecule has 0 unspecified atom stereocenters. The second-order valence-electron chi connectivity index (χ2n) is 7.45. The molecular formula is C21H35ClN4O. The number of likely N-dealkylation sites (tertiary alicyclic amines) is 1. The lowest BCUT2D eigenvalue weighted by Gasteiger charge is -2.33. The molecule has 1 aromatic carbocycles. The largest absolute Gasteiger partial charge is 0.388 e. The van der Waals surface area contributed by atoms with E-state index in [1.807, 2.05) is 26.0 Å². The minimum atomic E-state index is -0.704. The van der Waals surface area contributed by atoms with Crippen molar-refractivity contribution in [1.29, 1.82) is 0 Å². The van der Waals surface area contributed by atoms with Gasteiger partial charge in [0.1, 0.15) is 0 Å². The van der Waals surface area contributed by atoms with E-state index in [0.717, 1.165) is 62.8 Å². The lowest BCUT2D eigenvalue weighted by atomic mass is 9.98. The summed E-state index contributed by atoms with van der Waals surface area (Å²) in [7, 11) is 0. The highest BCUT2D eigenvalue weighted by Gasteiger charge is 2.23. The molecule has 6 heteroatoms. The zero-order valence-corrected chi connectivity index (χ0v) is 17.7. The SMILES string of the molecule is CCNC(=NCC(O)(CC)CC)NC1CCN(Cc2ccc(Cl)cc2)CC1. The number of rotatable bonds is 8. The van der Waals surface area contributed by atoms with Crippen molar-refractivity contribution >= 4 is 17.6 Å². The summed E-state index contributed by atoms with van der Waals surface area (Å²) in [5.74, 6) is 0.814. The van der Waals surface area contributed by atoms with Crippen LogP contribution in [-0.2, 0) is 6.54 Å². The first kappa shape index (κ1) is 22.0. The Kier molecular flexibility index (Phi) is 8.87. The van der Waals surface area contributed by atoms with Crippen LogP contribution < -0.4 is 10.6 Å². The molecule has 1 aromatic rings. The Labute approximate surface area is 169 Å². The van der Waals surface area contributed by atoms with E-state index < -0.39 is 5.60 Å². The maximum absolute atomic E-state index is 10.5. The second kappa shape index (κ2) is 10.9. The van der Waals surface area contributed by atoms with E-state index in [1.165, 1.54) is 5.56 Å². The minimum Gasteiger partial charge on any atom is -0.388 e. The molecule has 0 aromatic heterocycles. The van der Waals surface area contributed by atoms with Crippen molar-refractivity contribution in [1.82, 2.24) is 15.5 Å². The van der Waals surface area contributed by atoms with Gasteiger partial charge in [-0.3, -0.25) is 9.89 Å². The van der Waals surface area contributed by atoms with Crippen LogP contribution in [0.3, 0.4) is 0 Å². The van der Waals surface area contributed by atoms with Gasteiger partial charge in [0.2, 0.25) is 0 Å². The summed E-state index contributed by atoms with van der Waals surface area (Å²) in [6.45, 7) is 10.4. The van der Waals surface area contributed by atoms with Gasteiger partial charge in [-0.1, -0.05) is 37.6 Å². The summed E-state index contributed by atoms with van der Waals surface area (Å²) < 4.78 is 0. The summed E-state index contributed by atoms with van der Waals surface area (Å²) >= 11 is 5.97. The molecule has 0 atom stereocenters. The molecule has 2 rings (SSSR count). The van der Waals surface area contributed by atoms with Crippen molar-refractivity contribution in [2.45, 2.75) is 64.6 Å². The van der Waals surface area contributed by atoms with Gasteiger partial charge in [0.15, 0.2) is 5.96 Å². The van der Waals surface area contributed by atoms with Gasteiger partial charge in [-0.25, -0.2) is 0 Å². The van der Waals surface area contributed by atoms with E-state index >= 15 is 0 Å². The number of hydrogen-bond donors (Lipinski definition) is 3. The molecule has 0 spiro atoms. The number of guanidine groups is 1. The second-order valence-corrected chi connectivity index (χ2v) is 7.88. The van der Waals surface area contributed by atoms with Gasteiger partial charge in [0, 0.05) is 37.2 Å². The molecule has 0 bridgehead atoms. The van der Waals surface area contributed by atoms with Gasteiger partial charge in [0.05, 0.1) is 12.1 Å². The van der Waals surface area contributed by atoms with Crippen LogP contribution in [0.25, 0.3) is 0 Å². The van der Waals surface area contributed by atoms with E-state index in [1.54, 1.807) is 0 Å². The van der Waals surface area contributed by atoms with Crippen molar-refractivity contribution in [2.75, 3.05) is 26.2 Å². The molecular weight excluding hydrogens is 360 g/mol. The molecule has 27 heavy (non-hydrogen) atoms. The zero-order valence-electron chi connectivity index (χ0n) is 17.0. The lowest BCUT2D eigenvalue weighted by Crippen LogP contribution is -2.49. The fourth-order valence-corrected chi connectivity index (χ4v) is 3.42. The normalized spacial score (nSPS) is 17.1. The lowest BCUT2D eigenvalue weighted by molar-refractivity contribution is 0.0417. The number of benzene rings is 1. The van der Waals surface area contributed by atoms with Crippen LogP contribution in [0.4, 0.5) is 0 Å². The number of piperidine rings is 1. The molecule has 0 aliphatic carbocycles.